The van der Waals surface area contributed by atoms with Crippen LogP contribution in [0.1, 0.15) is 70.7 Å². The van der Waals surface area contributed by atoms with Gasteiger partial charge in [0, 0.05) is 5.56 Å². The van der Waals surface area contributed by atoms with Crippen LogP contribution < -0.4 is 5.09 Å². The summed E-state index contributed by atoms with van der Waals surface area (Å²) in [5, 5.41) is 3.85. The first-order valence-corrected chi connectivity index (χ1v) is 11.8. The van der Waals surface area contributed by atoms with Crippen LogP contribution in [0, 0.1) is 13.8 Å². The van der Waals surface area contributed by atoms with Crippen LogP contribution in [0.4, 0.5) is 5.69 Å². The van der Waals surface area contributed by atoms with Crippen molar-refractivity contribution in [3.8, 4) is 0 Å². The van der Waals surface area contributed by atoms with E-state index in [2.05, 4.69) is 110 Å². The zero-order valence-corrected chi connectivity index (χ0v) is 20.0. The second kappa shape index (κ2) is 9.23. The Bertz CT molecular complexity index is 783. The van der Waals surface area contributed by atoms with E-state index < -0.39 is 0 Å². The fraction of sp³-hybridized carbons (Fsp3) is 0.480. The molecule has 2 aromatic rings. The number of para-hydroxylation sites is 1. The fourth-order valence-electron chi connectivity index (χ4n) is 3.35. The Morgan fingerprint density at radius 2 is 1.36 bits per heavy atom. The van der Waals surface area contributed by atoms with Crippen molar-refractivity contribution < 1.29 is 0 Å². The molecule has 3 heteroatoms. The third-order valence-electron chi connectivity index (χ3n) is 5.04. The van der Waals surface area contributed by atoms with Gasteiger partial charge in [-0.05, 0) is 55.3 Å². The summed E-state index contributed by atoms with van der Waals surface area (Å²) in [5.41, 5.74) is 7.33. The zero-order chi connectivity index (χ0) is 21.1. The molecule has 0 aliphatic rings. The van der Waals surface area contributed by atoms with Gasteiger partial charge in [-0.15, -0.1) is 0 Å². The monoisotopic (exact) mass is 396 g/mol. The standard InChI is InChI=1S/C25H37N2P/c1-17(2)28(18(3)4)27-24(26-23-19(5)11-10-12-20(23)6)21-13-15-22(16-14-21)25(7,8)9/h10-18H,1-9H3,(H,26,27). The lowest BCUT2D eigenvalue weighted by Gasteiger charge is -2.28. The lowest BCUT2D eigenvalue weighted by Crippen LogP contribution is -2.26. The van der Waals surface area contributed by atoms with Crippen LogP contribution >= 0.6 is 8.07 Å². The van der Waals surface area contributed by atoms with Crippen LogP contribution in [0.25, 0.3) is 0 Å². The van der Waals surface area contributed by atoms with Crippen molar-refractivity contribution in [2.75, 3.05) is 0 Å². The van der Waals surface area contributed by atoms with Gasteiger partial charge < -0.3 is 5.09 Å². The minimum absolute atomic E-state index is 0.151. The summed E-state index contributed by atoms with van der Waals surface area (Å²) in [6.07, 6.45) is 0. The SMILES string of the molecule is Cc1cccc(C)c1N=C(NP(C(C)C)C(C)C)c1ccc(C(C)(C)C)cc1. The number of aryl methyl sites for hydroxylation is 2. The van der Waals surface area contributed by atoms with Crippen LogP contribution in [0.15, 0.2) is 47.5 Å². The molecule has 28 heavy (non-hydrogen) atoms. The number of hydrogen-bond acceptors (Lipinski definition) is 1. The van der Waals surface area contributed by atoms with Crippen molar-refractivity contribution in [3.05, 3.63) is 64.7 Å². The van der Waals surface area contributed by atoms with Gasteiger partial charge in [-0.3, -0.25) is 0 Å². The Balaban J connectivity index is 2.54. The second-order valence-corrected chi connectivity index (χ2v) is 12.3. The summed E-state index contributed by atoms with van der Waals surface area (Å²) in [4.78, 5) is 5.15. The van der Waals surface area contributed by atoms with Crippen LogP contribution in [0.3, 0.4) is 0 Å². The molecule has 0 amide bonds. The van der Waals surface area contributed by atoms with E-state index in [4.69, 9.17) is 4.99 Å². The molecule has 0 aliphatic heterocycles. The average molecular weight is 397 g/mol. The highest BCUT2D eigenvalue weighted by Crippen LogP contribution is 2.42. The molecule has 0 heterocycles. The lowest BCUT2D eigenvalue weighted by molar-refractivity contribution is 0.590. The number of hydrogen-bond donors (Lipinski definition) is 1. The molecular formula is C25H37N2P. The van der Waals surface area contributed by atoms with Gasteiger partial charge in [-0.25, -0.2) is 4.99 Å². The minimum atomic E-state index is -0.368. The zero-order valence-electron chi connectivity index (χ0n) is 19.1. The van der Waals surface area contributed by atoms with Gasteiger partial charge in [0.2, 0.25) is 0 Å². The van der Waals surface area contributed by atoms with E-state index in [-0.39, 0.29) is 13.5 Å². The molecule has 0 saturated heterocycles. The second-order valence-electron chi connectivity index (χ2n) is 9.23. The summed E-state index contributed by atoms with van der Waals surface area (Å²) in [7, 11) is -0.368. The molecule has 2 nitrogen and oxygen atoms in total. The molecule has 152 valence electrons. The number of nitrogens with zero attached hydrogens (tertiary/aromatic N) is 1. The third kappa shape index (κ3) is 5.67. The van der Waals surface area contributed by atoms with Gasteiger partial charge in [0.25, 0.3) is 0 Å². The van der Waals surface area contributed by atoms with Crippen LogP contribution in [-0.4, -0.2) is 17.2 Å². The van der Waals surface area contributed by atoms with Crippen molar-refractivity contribution in [3.63, 3.8) is 0 Å². The molecule has 0 atom stereocenters. The fourth-order valence-corrected chi connectivity index (χ4v) is 5.49. The average Bonchev–Trinajstić information content (AvgIpc) is 2.59. The maximum atomic E-state index is 5.15. The Hall–Kier alpha value is -1.66. The highest BCUT2D eigenvalue weighted by Gasteiger charge is 2.20. The number of aliphatic imine (C=N–C) groups is 1. The molecule has 2 rings (SSSR count). The molecule has 0 aliphatic carbocycles. The van der Waals surface area contributed by atoms with Gasteiger partial charge in [-0.1, -0.05) is 90.9 Å². The topological polar surface area (TPSA) is 24.4 Å². The number of amidine groups is 1. The molecule has 0 saturated carbocycles. The van der Waals surface area contributed by atoms with Crippen LogP contribution in [-0.2, 0) is 5.41 Å². The molecular weight excluding hydrogens is 359 g/mol. The highest BCUT2D eigenvalue weighted by atomic mass is 31.1. The van der Waals surface area contributed by atoms with Crippen molar-refractivity contribution >= 4 is 19.6 Å². The lowest BCUT2D eigenvalue weighted by atomic mass is 9.86. The Morgan fingerprint density at radius 1 is 0.857 bits per heavy atom. The maximum absolute atomic E-state index is 5.15. The van der Waals surface area contributed by atoms with Gasteiger partial charge in [0.15, 0.2) is 0 Å². The summed E-state index contributed by atoms with van der Waals surface area (Å²) < 4.78 is 0. The molecule has 1 N–H and O–H groups in total. The number of rotatable bonds is 5. The number of nitrogens with one attached hydrogen (secondary N) is 1. The van der Waals surface area contributed by atoms with Crippen molar-refractivity contribution in [1.29, 1.82) is 0 Å². The van der Waals surface area contributed by atoms with E-state index in [1.165, 1.54) is 16.7 Å². The maximum Gasteiger partial charge on any atom is 0.137 e. The van der Waals surface area contributed by atoms with E-state index in [0.29, 0.717) is 11.3 Å². The van der Waals surface area contributed by atoms with Gasteiger partial charge in [0.1, 0.15) is 5.84 Å². The first-order valence-electron chi connectivity index (χ1n) is 10.3. The van der Waals surface area contributed by atoms with E-state index in [1.54, 1.807) is 0 Å². The highest BCUT2D eigenvalue weighted by molar-refractivity contribution is 7.57. The summed E-state index contributed by atoms with van der Waals surface area (Å²) in [6.45, 7) is 20.3. The summed E-state index contributed by atoms with van der Waals surface area (Å²) in [5.74, 6) is 0.992. The minimum Gasteiger partial charge on any atom is -0.348 e. The van der Waals surface area contributed by atoms with Gasteiger partial charge >= 0.3 is 0 Å². The smallest absolute Gasteiger partial charge is 0.137 e. The predicted octanol–water partition coefficient (Wildman–Crippen LogP) is 7.48. The quantitative estimate of drug-likeness (QED) is 0.316. The molecule has 0 unspecified atom stereocenters. The first-order chi connectivity index (χ1) is 13.0. The van der Waals surface area contributed by atoms with Gasteiger partial charge in [0.05, 0.1) is 5.69 Å². The van der Waals surface area contributed by atoms with E-state index in [0.717, 1.165) is 17.1 Å². The first kappa shape index (κ1) is 22.6. The largest absolute Gasteiger partial charge is 0.348 e. The Morgan fingerprint density at radius 3 is 1.79 bits per heavy atom. The molecule has 0 fully saturated rings. The van der Waals surface area contributed by atoms with Crippen molar-refractivity contribution in [2.45, 2.75) is 79.0 Å². The van der Waals surface area contributed by atoms with Crippen molar-refractivity contribution in [2.24, 2.45) is 4.99 Å². The molecule has 0 aromatic heterocycles. The Labute approximate surface area is 173 Å². The predicted molar refractivity (Wildman–Crippen MR) is 128 cm³/mol. The summed E-state index contributed by atoms with van der Waals surface area (Å²) >= 11 is 0. The van der Waals surface area contributed by atoms with Crippen LogP contribution in [0.5, 0.6) is 0 Å². The third-order valence-corrected chi connectivity index (χ3v) is 7.73. The van der Waals surface area contributed by atoms with E-state index in [1.807, 2.05) is 0 Å². The molecule has 0 radical (unpaired) electrons. The van der Waals surface area contributed by atoms with Crippen molar-refractivity contribution in [1.82, 2.24) is 5.09 Å². The van der Waals surface area contributed by atoms with Crippen LogP contribution in [0.2, 0.25) is 0 Å². The van der Waals surface area contributed by atoms with E-state index in [9.17, 15) is 0 Å². The number of benzene rings is 2. The Kier molecular flexibility index (Phi) is 7.46. The normalized spacial score (nSPS) is 12.9. The molecule has 2 aromatic carbocycles. The molecule has 0 spiro atoms. The van der Waals surface area contributed by atoms with E-state index >= 15 is 0 Å². The molecule has 0 bridgehead atoms. The van der Waals surface area contributed by atoms with Gasteiger partial charge in [-0.2, -0.15) is 0 Å². The summed E-state index contributed by atoms with van der Waals surface area (Å²) in [6, 6.07) is 15.3.